The number of aryl methyl sites for hydroxylation is 1. The number of aromatic nitrogens is 3. The van der Waals surface area contributed by atoms with Gasteiger partial charge in [-0.1, -0.05) is 24.3 Å². The van der Waals surface area contributed by atoms with E-state index in [0.29, 0.717) is 34.9 Å². The minimum absolute atomic E-state index is 0.236. The molecule has 0 spiro atoms. The van der Waals surface area contributed by atoms with Gasteiger partial charge in [0.05, 0.1) is 41.3 Å². The standard InChI is InChI=1S/C30H22N6O2/c1-18-12-22(38-21-5-2-4-19(13-21)15-31)8-9-28(18)36-30(32)25(17-34-36)29(37)27-14-24-23(20-10-11-33-16-20)6-3-7-26(24)35-27/h2-10,12-14,16-17,35H,11,32H2,1H3. The molecule has 1 aliphatic heterocycles. The maximum absolute atomic E-state index is 13.5. The molecule has 0 saturated heterocycles. The highest BCUT2D eigenvalue weighted by Gasteiger charge is 2.21. The summed E-state index contributed by atoms with van der Waals surface area (Å²) in [5.74, 6) is 1.19. The summed E-state index contributed by atoms with van der Waals surface area (Å²) in [6.07, 6.45) is 5.41. The Bertz CT molecular complexity index is 1830. The average molecular weight is 499 g/mol. The van der Waals surface area contributed by atoms with Gasteiger partial charge in [0.25, 0.3) is 0 Å². The molecule has 2 aromatic heterocycles. The molecule has 0 bridgehead atoms. The fourth-order valence-corrected chi connectivity index (χ4v) is 4.63. The molecule has 5 aromatic rings. The first-order chi connectivity index (χ1) is 18.5. The number of allylic oxidation sites excluding steroid dienone is 1. The highest BCUT2D eigenvalue weighted by molar-refractivity contribution is 6.18. The number of aliphatic imine (C=N–C) groups is 1. The second kappa shape index (κ2) is 9.22. The quantitative estimate of drug-likeness (QED) is 0.295. The number of hydrogen-bond donors (Lipinski definition) is 2. The molecular weight excluding hydrogens is 476 g/mol. The number of hydrogen-bond acceptors (Lipinski definition) is 6. The van der Waals surface area contributed by atoms with Crippen LogP contribution in [0.4, 0.5) is 5.82 Å². The summed E-state index contributed by atoms with van der Waals surface area (Å²) < 4.78 is 7.47. The van der Waals surface area contributed by atoms with E-state index in [-0.39, 0.29) is 11.6 Å². The van der Waals surface area contributed by atoms with E-state index in [1.165, 1.54) is 6.20 Å². The Morgan fingerprint density at radius 1 is 1.11 bits per heavy atom. The Kier molecular flexibility index (Phi) is 5.59. The van der Waals surface area contributed by atoms with Crippen LogP contribution in [-0.2, 0) is 0 Å². The number of nitrogens with one attached hydrogen (secondary N) is 1. The van der Waals surface area contributed by atoms with E-state index in [1.54, 1.807) is 35.0 Å². The lowest BCUT2D eigenvalue weighted by molar-refractivity contribution is 0.103. The number of ketones is 1. The summed E-state index contributed by atoms with van der Waals surface area (Å²) in [7, 11) is 0. The van der Waals surface area contributed by atoms with Crippen LogP contribution in [0.5, 0.6) is 11.5 Å². The maximum Gasteiger partial charge on any atom is 0.214 e. The lowest BCUT2D eigenvalue weighted by atomic mass is 10.0. The van der Waals surface area contributed by atoms with Crippen LogP contribution in [-0.4, -0.2) is 33.3 Å². The van der Waals surface area contributed by atoms with Gasteiger partial charge in [0, 0.05) is 17.1 Å². The van der Waals surface area contributed by atoms with Crippen LogP contribution in [0, 0.1) is 18.3 Å². The van der Waals surface area contributed by atoms with Gasteiger partial charge in [-0.2, -0.15) is 10.4 Å². The number of nitriles is 1. The SMILES string of the molecule is Cc1cc(Oc2cccc(C#N)c2)ccc1-n1ncc(C(=O)c2cc3c(C4=CCN=C4)cccc3[nH]2)c1N. The molecule has 3 heterocycles. The van der Waals surface area contributed by atoms with E-state index >= 15 is 0 Å². The Balaban J connectivity index is 1.29. The normalized spacial score (nSPS) is 12.5. The van der Waals surface area contributed by atoms with Crippen molar-refractivity contribution in [1.82, 2.24) is 14.8 Å². The number of rotatable bonds is 6. The molecule has 8 heteroatoms. The van der Waals surface area contributed by atoms with Crippen LogP contribution in [0.2, 0.25) is 0 Å². The highest BCUT2D eigenvalue weighted by Crippen LogP contribution is 2.30. The first-order valence-electron chi connectivity index (χ1n) is 12.0. The minimum atomic E-state index is -0.236. The number of nitrogens with two attached hydrogens (primary N) is 1. The fraction of sp³-hybridized carbons (Fsp3) is 0.0667. The maximum atomic E-state index is 13.5. The fourth-order valence-electron chi connectivity index (χ4n) is 4.63. The summed E-state index contributed by atoms with van der Waals surface area (Å²) in [6.45, 7) is 2.58. The number of benzene rings is 3. The molecule has 3 aromatic carbocycles. The molecule has 0 atom stereocenters. The molecule has 3 N–H and O–H groups in total. The lowest BCUT2D eigenvalue weighted by Crippen LogP contribution is -2.08. The van der Waals surface area contributed by atoms with E-state index in [2.05, 4.69) is 27.2 Å². The third kappa shape index (κ3) is 4.02. The lowest BCUT2D eigenvalue weighted by Gasteiger charge is -2.11. The second-order valence-electron chi connectivity index (χ2n) is 8.98. The van der Waals surface area contributed by atoms with Crippen molar-refractivity contribution in [2.75, 3.05) is 12.3 Å². The number of aromatic amines is 1. The smallest absolute Gasteiger partial charge is 0.214 e. The number of H-pyrrole nitrogens is 1. The number of carbonyl (C=O) groups excluding carboxylic acids is 1. The van der Waals surface area contributed by atoms with Crippen LogP contribution in [0.3, 0.4) is 0 Å². The predicted octanol–water partition coefficient (Wildman–Crippen LogP) is 5.61. The van der Waals surface area contributed by atoms with E-state index < -0.39 is 0 Å². The van der Waals surface area contributed by atoms with Crippen LogP contribution in [0.15, 0.2) is 84.0 Å². The minimum Gasteiger partial charge on any atom is -0.457 e. The third-order valence-electron chi connectivity index (χ3n) is 6.51. The number of carbonyl (C=O) groups is 1. The molecule has 0 saturated carbocycles. The Morgan fingerprint density at radius 2 is 1.95 bits per heavy atom. The molecule has 0 aliphatic carbocycles. The third-order valence-corrected chi connectivity index (χ3v) is 6.51. The summed E-state index contributed by atoms with van der Waals surface area (Å²) in [6, 6.07) is 22.3. The van der Waals surface area contributed by atoms with Crippen molar-refractivity contribution in [3.8, 4) is 23.3 Å². The zero-order chi connectivity index (χ0) is 26.2. The second-order valence-corrected chi connectivity index (χ2v) is 8.98. The zero-order valence-corrected chi connectivity index (χ0v) is 20.5. The van der Waals surface area contributed by atoms with Gasteiger partial charge in [-0.05, 0) is 72.2 Å². The van der Waals surface area contributed by atoms with Gasteiger partial charge in [-0.15, -0.1) is 0 Å². The molecule has 0 amide bonds. The van der Waals surface area contributed by atoms with Gasteiger partial charge in [0.1, 0.15) is 17.3 Å². The molecule has 8 nitrogen and oxygen atoms in total. The van der Waals surface area contributed by atoms with Crippen LogP contribution < -0.4 is 10.5 Å². The van der Waals surface area contributed by atoms with Crippen molar-refractivity contribution in [2.24, 2.45) is 4.99 Å². The van der Waals surface area contributed by atoms with Crippen molar-refractivity contribution < 1.29 is 9.53 Å². The molecule has 0 fully saturated rings. The molecule has 0 radical (unpaired) electrons. The summed E-state index contributed by atoms with van der Waals surface area (Å²) in [4.78, 5) is 21.0. The predicted molar refractivity (Wildman–Crippen MR) is 147 cm³/mol. The average Bonchev–Trinajstić information content (AvgIpc) is 3.69. The first-order valence-corrected chi connectivity index (χ1v) is 12.0. The Labute approximate surface area is 218 Å². The van der Waals surface area contributed by atoms with Gasteiger partial charge in [-0.25, -0.2) is 4.68 Å². The zero-order valence-electron chi connectivity index (χ0n) is 20.5. The summed E-state index contributed by atoms with van der Waals surface area (Å²) >= 11 is 0. The van der Waals surface area contributed by atoms with Crippen LogP contribution in [0.25, 0.3) is 22.2 Å². The Morgan fingerprint density at radius 3 is 2.74 bits per heavy atom. The molecular formula is C30H22N6O2. The molecule has 38 heavy (non-hydrogen) atoms. The largest absolute Gasteiger partial charge is 0.457 e. The van der Waals surface area contributed by atoms with E-state index in [0.717, 1.165) is 33.3 Å². The van der Waals surface area contributed by atoms with Crippen molar-refractivity contribution in [3.63, 3.8) is 0 Å². The highest BCUT2D eigenvalue weighted by atomic mass is 16.5. The number of nitrogens with zero attached hydrogens (tertiary/aromatic N) is 4. The van der Waals surface area contributed by atoms with Gasteiger partial charge in [0.2, 0.25) is 5.78 Å². The van der Waals surface area contributed by atoms with E-state index in [9.17, 15) is 4.79 Å². The molecule has 1 aliphatic rings. The molecule has 184 valence electrons. The number of fused-ring (bicyclic) bond motifs is 1. The molecule has 6 rings (SSSR count). The van der Waals surface area contributed by atoms with Crippen LogP contribution in [0.1, 0.15) is 32.7 Å². The van der Waals surface area contributed by atoms with Gasteiger partial charge >= 0.3 is 0 Å². The Hall–Kier alpha value is -5.42. The van der Waals surface area contributed by atoms with Gasteiger partial charge in [0.15, 0.2) is 0 Å². The summed E-state index contributed by atoms with van der Waals surface area (Å²) in [5.41, 5.74) is 12.2. The monoisotopic (exact) mass is 498 g/mol. The van der Waals surface area contributed by atoms with Gasteiger partial charge in [-0.3, -0.25) is 9.79 Å². The van der Waals surface area contributed by atoms with Crippen molar-refractivity contribution in [3.05, 3.63) is 107 Å². The van der Waals surface area contributed by atoms with Gasteiger partial charge < -0.3 is 15.5 Å². The van der Waals surface area contributed by atoms with E-state index in [1.807, 2.05) is 49.5 Å². The van der Waals surface area contributed by atoms with Crippen LogP contribution >= 0.6 is 0 Å². The summed E-state index contributed by atoms with van der Waals surface area (Å²) in [5, 5.41) is 14.5. The van der Waals surface area contributed by atoms with Crippen molar-refractivity contribution in [2.45, 2.75) is 6.92 Å². The van der Waals surface area contributed by atoms with E-state index in [4.69, 9.17) is 15.7 Å². The number of ether oxygens (including phenoxy) is 1. The number of nitrogen functional groups attached to an aromatic ring is 1. The van der Waals surface area contributed by atoms with Crippen molar-refractivity contribution >= 4 is 34.3 Å². The van der Waals surface area contributed by atoms with Crippen molar-refractivity contribution in [1.29, 1.82) is 5.26 Å². The molecule has 0 unspecified atom stereocenters. The first kappa shape index (κ1) is 23.0. The topological polar surface area (TPSA) is 122 Å². The number of anilines is 1.